The number of carbonyl (C=O) groups excluding carboxylic acids is 1. The summed E-state index contributed by atoms with van der Waals surface area (Å²) >= 11 is 0. The zero-order valence-electron chi connectivity index (χ0n) is 18.8. The topological polar surface area (TPSA) is 120 Å². The smallest absolute Gasteiger partial charge is 0.203 e. The third-order valence-electron chi connectivity index (χ3n) is 6.69. The Labute approximate surface area is 197 Å². The maximum atomic E-state index is 13.1. The van der Waals surface area contributed by atoms with Crippen LogP contribution in [-0.4, -0.2) is 46.5 Å². The lowest BCUT2D eigenvalue weighted by Gasteiger charge is -2.42. The standard InChI is InChI=1S/C24H23N5O4S/c1-23(2)22(25)28-24(14-34(23,31)32)8-9-33-20-6-4-15(10-17(20)24)11-19(30)18-13-29-12-16(26-3)5-7-21(29)27-18/h4-7,10,12-13H,8-9,11,14H2,1-2H3,(H2,25,28)/t24-/m0/s1. The monoisotopic (exact) mass is 477 g/mol. The van der Waals surface area contributed by atoms with Crippen LogP contribution in [0.15, 0.2) is 47.7 Å². The van der Waals surface area contributed by atoms with Crippen LogP contribution in [-0.2, 0) is 21.8 Å². The summed E-state index contributed by atoms with van der Waals surface area (Å²) in [5.74, 6) is 0.265. The fraction of sp³-hybridized carbons (Fsp3) is 0.333. The van der Waals surface area contributed by atoms with Crippen molar-refractivity contribution in [3.8, 4) is 5.75 Å². The lowest BCUT2D eigenvalue weighted by molar-refractivity contribution is 0.0988. The number of hydrogen-bond acceptors (Lipinski definition) is 7. The van der Waals surface area contributed by atoms with E-state index in [0.29, 0.717) is 41.2 Å². The number of carbonyl (C=O) groups is 1. The average Bonchev–Trinajstić information content (AvgIpc) is 3.22. The van der Waals surface area contributed by atoms with Gasteiger partial charge in [-0.15, -0.1) is 0 Å². The number of hydrogen-bond donors (Lipinski definition) is 1. The highest BCUT2D eigenvalue weighted by Crippen LogP contribution is 2.45. The van der Waals surface area contributed by atoms with Gasteiger partial charge >= 0.3 is 0 Å². The number of aromatic nitrogens is 2. The Morgan fingerprint density at radius 1 is 1.26 bits per heavy atom. The van der Waals surface area contributed by atoms with Crippen molar-refractivity contribution in [2.24, 2.45) is 10.7 Å². The van der Waals surface area contributed by atoms with E-state index in [2.05, 4.69) is 9.83 Å². The Hall–Kier alpha value is -3.71. The number of Topliss-reactive ketones (excluding diaryl/α,β-unsaturated/α-hetero) is 1. The molecule has 1 atom stereocenters. The van der Waals surface area contributed by atoms with Crippen LogP contribution < -0.4 is 10.5 Å². The van der Waals surface area contributed by atoms with Crippen molar-refractivity contribution >= 4 is 32.8 Å². The van der Waals surface area contributed by atoms with Crippen LogP contribution in [0.3, 0.4) is 0 Å². The molecule has 0 unspecified atom stereocenters. The molecule has 0 saturated heterocycles. The molecule has 0 fully saturated rings. The van der Waals surface area contributed by atoms with Gasteiger partial charge in [-0.3, -0.25) is 9.79 Å². The van der Waals surface area contributed by atoms with Gasteiger partial charge in [0.15, 0.2) is 15.6 Å². The Kier molecular flexibility index (Phi) is 4.81. The summed E-state index contributed by atoms with van der Waals surface area (Å²) in [5.41, 5.74) is 7.76. The van der Waals surface area contributed by atoms with E-state index in [1.54, 1.807) is 61.0 Å². The molecule has 4 heterocycles. The van der Waals surface area contributed by atoms with Crippen LogP contribution in [0.5, 0.6) is 5.75 Å². The molecule has 0 aliphatic carbocycles. The minimum absolute atomic E-state index is 0.0698. The van der Waals surface area contributed by atoms with E-state index in [-0.39, 0.29) is 29.5 Å². The van der Waals surface area contributed by atoms with Gasteiger partial charge in [0.05, 0.1) is 18.9 Å². The highest BCUT2D eigenvalue weighted by Gasteiger charge is 2.52. The summed E-state index contributed by atoms with van der Waals surface area (Å²) in [5, 5.41) is 0. The molecule has 10 heteroatoms. The van der Waals surface area contributed by atoms with Gasteiger partial charge in [-0.2, -0.15) is 0 Å². The van der Waals surface area contributed by atoms with Gasteiger partial charge in [-0.1, -0.05) is 12.1 Å². The van der Waals surface area contributed by atoms with E-state index in [1.807, 2.05) is 0 Å². The zero-order chi connectivity index (χ0) is 24.3. The third kappa shape index (κ3) is 3.35. The predicted octanol–water partition coefficient (Wildman–Crippen LogP) is 2.85. The van der Waals surface area contributed by atoms with E-state index in [9.17, 15) is 13.2 Å². The van der Waals surface area contributed by atoms with Crippen molar-refractivity contribution in [3.63, 3.8) is 0 Å². The van der Waals surface area contributed by atoms with Crippen LogP contribution in [0.1, 0.15) is 41.9 Å². The molecule has 3 aromatic rings. The first-order valence-electron chi connectivity index (χ1n) is 10.8. The summed E-state index contributed by atoms with van der Waals surface area (Å²) in [4.78, 5) is 25.5. The van der Waals surface area contributed by atoms with E-state index < -0.39 is 20.1 Å². The quantitative estimate of drug-likeness (QED) is 0.457. The van der Waals surface area contributed by atoms with E-state index in [4.69, 9.17) is 22.0 Å². The maximum absolute atomic E-state index is 13.1. The van der Waals surface area contributed by atoms with Gasteiger partial charge in [-0.05, 0) is 37.6 Å². The number of amidine groups is 1. The fourth-order valence-corrected chi connectivity index (χ4v) is 6.13. The molecule has 34 heavy (non-hydrogen) atoms. The minimum atomic E-state index is -3.57. The Morgan fingerprint density at radius 2 is 2.06 bits per heavy atom. The summed E-state index contributed by atoms with van der Waals surface area (Å²) < 4.78 is 32.4. The number of imidazole rings is 1. The number of nitrogens with zero attached hydrogens (tertiary/aromatic N) is 4. The zero-order valence-corrected chi connectivity index (χ0v) is 19.6. The number of sulfone groups is 1. The van der Waals surface area contributed by atoms with Gasteiger partial charge in [0.1, 0.15) is 33.2 Å². The van der Waals surface area contributed by atoms with E-state index in [1.165, 1.54) is 0 Å². The predicted molar refractivity (Wildman–Crippen MR) is 127 cm³/mol. The van der Waals surface area contributed by atoms with E-state index in [0.717, 1.165) is 0 Å². The number of ketones is 1. The number of rotatable bonds is 3. The highest BCUT2D eigenvalue weighted by molar-refractivity contribution is 7.93. The summed E-state index contributed by atoms with van der Waals surface area (Å²) in [6, 6.07) is 8.68. The van der Waals surface area contributed by atoms with Crippen LogP contribution in [0.25, 0.3) is 10.5 Å². The summed E-state index contributed by atoms with van der Waals surface area (Å²) in [7, 11) is -3.57. The van der Waals surface area contributed by atoms with Gasteiger partial charge < -0.3 is 14.9 Å². The lowest BCUT2D eigenvalue weighted by Crippen LogP contribution is -2.56. The molecular weight excluding hydrogens is 454 g/mol. The summed E-state index contributed by atoms with van der Waals surface area (Å²) in [6.07, 6.45) is 3.68. The number of nitrogens with two attached hydrogens (primary N) is 1. The average molecular weight is 478 g/mol. The molecule has 5 rings (SSSR count). The molecule has 2 aliphatic rings. The van der Waals surface area contributed by atoms with Gasteiger partial charge in [0.25, 0.3) is 0 Å². The molecule has 2 N–H and O–H groups in total. The summed E-state index contributed by atoms with van der Waals surface area (Å²) in [6.45, 7) is 10.6. The molecule has 0 saturated carbocycles. The first-order chi connectivity index (χ1) is 16.0. The van der Waals surface area contributed by atoms with Crippen LogP contribution in [0.2, 0.25) is 0 Å². The molecule has 0 amide bonds. The van der Waals surface area contributed by atoms with Crippen LogP contribution in [0, 0.1) is 6.57 Å². The fourth-order valence-electron chi connectivity index (χ4n) is 4.42. The number of aliphatic imine (C=N–C) groups is 1. The minimum Gasteiger partial charge on any atom is -0.493 e. The molecule has 1 spiro atoms. The van der Waals surface area contributed by atoms with Gasteiger partial charge in [0, 0.05) is 30.8 Å². The number of ether oxygens (including phenoxy) is 1. The molecule has 9 nitrogen and oxygen atoms in total. The molecule has 2 aromatic heterocycles. The number of benzene rings is 1. The number of pyridine rings is 1. The van der Waals surface area contributed by atoms with Crippen molar-refractivity contribution in [2.75, 3.05) is 12.4 Å². The maximum Gasteiger partial charge on any atom is 0.203 e. The molecule has 0 radical (unpaired) electrons. The highest BCUT2D eigenvalue weighted by atomic mass is 32.2. The second-order valence-electron chi connectivity index (χ2n) is 9.22. The largest absolute Gasteiger partial charge is 0.493 e. The second kappa shape index (κ2) is 7.40. The second-order valence-corrected chi connectivity index (χ2v) is 11.8. The lowest BCUT2D eigenvalue weighted by atomic mass is 9.84. The first kappa shape index (κ1) is 22.1. The third-order valence-corrected chi connectivity index (χ3v) is 9.31. The van der Waals surface area contributed by atoms with Gasteiger partial charge in [0.2, 0.25) is 5.69 Å². The van der Waals surface area contributed by atoms with Crippen LogP contribution >= 0.6 is 0 Å². The van der Waals surface area contributed by atoms with E-state index >= 15 is 0 Å². The molecule has 0 bridgehead atoms. The molecule has 2 aliphatic heterocycles. The molecule has 1 aromatic carbocycles. The van der Waals surface area contributed by atoms with Crippen molar-refractivity contribution in [1.82, 2.24) is 9.38 Å². The Morgan fingerprint density at radius 3 is 2.79 bits per heavy atom. The van der Waals surface area contributed by atoms with Crippen molar-refractivity contribution in [1.29, 1.82) is 0 Å². The molecular formula is C24H23N5O4S. The van der Waals surface area contributed by atoms with Gasteiger partial charge in [-0.25, -0.2) is 18.2 Å². The molecule has 174 valence electrons. The van der Waals surface area contributed by atoms with Crippen molar-refractivity contribution in [2.45, 2.75) is 37.0 Å². The van der Waals surface area contributed by atoms with Crippen LogP contribution in [0.4, 0.5) is 5.69 Å². The SMILES string of the molecule is [C-]#[N+]c1ccc2nc(C(=O)Cc3ccc4c(c3)[C@]3(CCO4)CS(=O)(=O)C(C)(C)C(N)=N3)cn2c1. The Bertz CT molecular complexity index is 1530. The normalized spacial score (nSPS) is 22.4. The van der Waals surface area contributed by atoms with Crippen molar-refractivity contribution < 1.29 is 17.9 Å². The Balaban J connectivity index is 1.50. The first-order valence-corrected chi connectivity index (χ1v) is 12.4. The number of fused-ring (bicyclic) bond motifs is 3. The van der Waals surface area contributed by atoms with Crippen molar-refractivity contribution in [3.05, 3.63) is 71.0 Å².